The monoisotopic (exact) mass is 258 g/mol. The molecule has 1 fully saturated rings. The summed E-state index contributed by atoms with van der Waals surface area (Å²) in [5.41, 5.74) is 0. The fourth-order valence-corrected chi connectivity index (χ4v) is 2.47. The molecule has 1 rings (SSSR count). The third-order valence-electron chi connectivity index (χ3n) is 3.46. The van der Waals surface area contributed by atoms with E-state index in [1.807, 2.05) is 0 Å². The number of carbonyl (C=O) groups excluding carboxylic acids is 1. The maximum absolute atomic E-state index is 11.4. The molecule has 7 nitrogen and oxygen atoms in total. The molecule has 1 aliphatic rings. The maximum Gasteiger partial charge on any atom is 0.307 e. The molecule has 1 aliphatic carbocycles. The highest BCUT2D eigenvalue weighted by atomic mass is 16.4. The molecule has 0 radical (unpaired) electrons. The van der Waals surface area contributed by atoms with Crippen LogP contribution in [0.1, 0.15) is 19.8 Å². The van der Waals surface area contributed by atoms with Crippen LogP contribution >= 0.6 is 0 Å². The number of carboxylic acid groups (broad SMARTS) is 3. The van der Waals surface area contributed by atoms with Gasteiger partial charge in [-0.2, -0.15) is 0 Å². The van der Waals surface area contributed by atoms with Crippen molar-refractivity contribution in [1.29, 1.82) is 0 Å². The first-order valence-electron chi connectivity index (χ1n) is 5.44. The Kier molecular flexibility index (Phi) is 4.05. The number of carbonyl (C=O) groups is 4. The number of rotatable bonds is 4. The Labute approximate surface area is 102 Å². The predicted octanol–water partition coefficient (Wildman–Crippen LogP) is 0.0878. The van der Waals surface area contributed by atoms with Gasteiger partial charge in [0, 0.05) is 5.92 Å². The lowest BCUT2D eigenvalue weighted by Gasteiger charge is -2.34. The summed E-state index contributed by atoms with van der Waals surface area (Å²) < 4.78 is 0. The van der Waals surface area contributed by atoms with Crippen molar-refractivity contribution in [1.82, 2.24) is 0 Å². The Hall–Kier alpha value is -1.92. The number of hydrogen-bond donors (Lipinski definition) is 3. The molecule has 3 N–H and O–H groups in total. The van der Waals surface area contributed by atoms with Crippen LogP contribution in [0.15, 0.2) is 0 Å². The summed E-state index contributed by atoms with van der Waals surface area (Å²) in [6.07, 6.45) is -0.565. The molecule has 0 bridgehead atoms. The lowest BCUT2D eigenvalue weighted by molar-refractivity contribution is -0.163. The summed E-state index contributed by atoms with van der Waals surface area (Å²) in [4.78, 5) is 44.3. The van der Waals surface area contributed by atoms with Crippen LogP contribution in [0.2, 0.25) is 0 Å². The molecule has 4 atom stereocenters. The summed E-state index contributed by atoms with van der Waals surface area (Å²) in [5.74, 6) is -8.86. The third-order valence-corrected chi connectivity index (χ3v) is 3.46. The van der Waals surface area contributed by atoms with E-state index < -0.39 is 47.4 Å². The zero-order valence-electron chi connectivity index (χ0n) is 9.70. The van der Waals surface area contributed by atoms with Gasteiger partial charge in [0.05, 0.1) is 17.8 Å². The molecule has 0 aliphatic heterocycles. The summed E-state index contributed by atoms with van der Waals surface area (Å²) in [6, 6.07) is 0. The molecule has 0 amide bonds. The first-order valence-corrected chi connectivity index (χ1v) is 5.44. The van der Waals surface area contributed by atoms with E-state index in [1.165, 1.54) is 6.92 Å². The molecule has 4 unspecified atom stereocenters. The van der Waals surface area contributed by atoms with Crippen LogP contribution in [0.5, 0.6) is 0 Å². The van der Waals surface area contributed by atoms with Crippen LogP contribution in [0.25, 0.3) is 0 Å². The minimum absolute atomic E-state index is 0.237. The van der Waals surface area contributed by atoms with Gasteiger partial charge >= 0.3 is 17.9 Å². The third kappa shape index (κ3) is 2.66. The Morgan fingerprint density at radius 1 is 0.722 bits per heavy atom. The van der Waals surface area contributed by atoms with Crippen molar-refractivity contribution in [2.75, 3.05) is 0 Å². The minimum atomic E-state index is -1.34. The van der Waals surface area contributed by atoms with Gasteiger partial charge in [-0.05, 0) is 19.8 Å². The fourth-order valence-electron chi connectivity index (χ4n) is 2.47. The fraction of sp³-hybridized carbons (Fsp3) is 0.636. The minimum Gasteiger partial charge on any atom is -0.481 e. The summed E-state index contributed by atoms with van der Waals surface area (Å²) >= 11 is 0. The molecular formula is C11H14O7. The van der Waals surface area contributed by atoms with Gasteiger partial charge in [-0.3, -0.25) is 19.2 Å². The van der Waals surface area contributed by atoms with E-state index in [0.29, 0.717) is 0 Å². The standard InChI is InChI=1S/C11H14O7/c1-4(12)5-2-7(10(15)16)8(11(17)18)3-6(5)9(13)14/h5-8H,2-3H2,1H3,(H,13,14)(H,15,16)(H,17,18). The Balaban J connectivity index is 3.06. The molecule has 0 spiro atoms. The predicted molar refractivity (Wildman–Crippen MR) is 56.8 cm³/mol. The zero-order chi connectivity index (χ0) is 14.0. The number of carboxylic acids is 3. The molecule has 0 aromatic carbocycles. The van der Waals surface area contributed by atoms with Crippen molar-refractivity contribution >= 4 is 23.7 Å². The largest absolute Gasteiger partial charge is 0.481 e. The van der Waals surface area contributed by atoms with Crippen molar-refractivity contribution in [2.24, 2.45) is 23.7 Å². The SMILES string of the molecule is CC(=O)C1CC(C(=O)O)C(C(=O)O)CC1C(=O)O. The van der Waals surface area contributed by atoms with E-state index in [2.05, 4.69) is 0 Å². The molecule has 100 valence electrons. The lowest BCUT2D eigenvalue weighted by atomic mass is 9.67. The summed E-state index contributed by atoms with van der Waals surface area (Å²) in [6.45, 7) is 1.20. The average Bonchev–Trinajstić information content (AvgIpc) is 2.26. The smallest absolute Gasteiger partial charge is 0.307 e. The first-order chi connectivity index (χ1) is 8.25. The van der Waals surface area contributed by atoms with E-state index in [4.69, 9.17) is 15.3 Å². The number of hydrogen-bond acceptors (Lipinski definition) is 4. The van der Waals surface area contributed by atoms with Gasteiger partial charge in [0.1, 0.15) is 5.78 Å². The van der Waals surface area contributed by atoms with Gasteiger partial charge in [-0.25, -0.2) is 0 Å². The highest BCUT2D eigenvalue weighted by Gasteiger charge is 2.47. The number of ketones is 1. The molecule has 7 heteroatoms. The highest BCUT2D eigenvalue weighted by Crippen LogP contribution is 2.39. The topological polar surface area (TPSA) is 129 Å². The van der Waals surface area contributed by atoms with Crippen LogP contribution < -0.4 is 0 Å². The zero-order valence-corrected chi connectivity index (χ0v) is 9.70. The van der Waals surface area contributed by atoms with Crippen LogP contribution in [0.4, 0.5) is 0 Å². The number of Topliss-reactive ketones (excluding diaryl/α,β-unsaturated/α-hetero) is 1. The highest BCUT2D eigenvalue weighted by molar-refractivity contribution is 5.88. The van der Waals surface area contributed by atoms with Crippen LogP contribution in [-0.2, 0) is 19.2 Å². The normalized spacial score (nSPS) is 31.6. The molecule has 1 saturated carbocycles. The number of aliphatic carboxylic acids is 3. The van der Waals surface area contributed by atoms with E-state index >= 15 is 0 Å². The van der Waals surface area contributed by atoms with E-state index in [0.717, 1.165) is 0 Å². The van der Waals surface area contributed by atoms with E-state index in [-0.39, 0.29) is 12.8 Å². The van der Waals surface area contributed by atoms with Gasteiger partial charge in [-0.1, -0.05) is 0 Å². The average molecular weight is 258 g/mol. The van der Waals surface area contributed by atoms with Crippen molar-refractivity contribution in [3.8, 4) is 0 Å². The summed E-state index contributed by atoms with van der Waals surface area (Å²) in [5, 5.41) is 26.9. The van der Waals surface area contributed by atoms with E-state index in [9.17, 15) is 19.2 Å². The maximum atomic E-state index is 11.4. The van der Waals surface area contributed by atoms with Crippen LogP contribution in [0.3, 0.4) is 0 Å². The van der Waals surface area contributed by atoms with Crippen molar-refractivity contribution < 1.29 is 34.5 Å². The first kappa shape index (κ1) is 14.1. The van der Waals surface area contributed by atoms with Gasteiger partial charge in [0.2, 0.25) is 0 Å². The van der Waals surface area contributed by atoms with Gasteiger partial charge in [0.15, 0.2) is 0 Å². The molecular weight excluding hydrogens is 244 g/mol. The van der Waals surface area contributed by atoms with Gasteiger partial charge in [-0.15, -0.1) is 0 Å². The van der Waals surface area contributed by atoms with Gasteiger partial charge in [0.25, 0.3) is 0 Å². The second-order valence-corrected chi connectivity index (χ2v) is 4.52. The quantitative estimate of drug-likeness (QED) is 0.651. The Bertz CT molecular complexity index is 326. The van der Waals surface area contributed by atoms with Crippen molar-refractivity contribution in [3.05, 3.63) is 0 Å². The lowest BCUT2D eigenvalue weighted by Crippen LogP contribution is -2.44. The Morgan fingerprint density at radius 2 is 1.00 bits per heavy atom. The van der Waals surface area contributed by atoms with Gasteiger partial charge < -0.3 is 15.3 Å². The second-order valence-electron chi connectivity index (χ2n) is 4.52. The molecule has 0 aromatic rings. The Morgan fingerprint density at radius 3 is 1.28 bits per heavy atom. The molecule has 0 heterocycles. The van der Waals surface area contributed by atoms with E-state index in [1.54, 1.807) is 0 Å². The van der Waals surface area contributed by atoms with Crippen LogP contribution in [0, 0.1) is 23.7 Å². The summed E-state index contributed by atoms with van der Waals surface area (Å²) in [7, 11) is 0. The van der Waals surface area contributed by atoms with Crippen molar-refractivity contribution in [3.63, 3.8) is 0 Å². The molecule has 0 aromatic heterocycles. The second kappa shape index (κ2) is 5.16. The molecule has 0 saturated heterocycles. The van der Waals surface area contributed by atoms with Crippen LogP contribution in [-0.4, -0.2) is 39.0 Å². The molecule has 18 heavy (non-hydrogen) atoms. The van der Waals surface area contributed by atoms with Crippen molar-refractivity contribution in [2.45, 2.75) is 19.8 Å².